The average Bonchev–Trinajstić information content (AvgIpc) is 2.80. The number of aromatic nitrogens is 3. The molecule has 0 unspecified atom stereocenters. The Kier molecular flexibility index (Phi) is 4.07. The molecule has 1 N–H and O–H groups in total. The van der Waals surface area contributed by atoms with Crippen LogP contribution >= 0.6 is 23.2 Å². The first-order valence-corrected chi connectivity index (χ1v) is 6.40. The lowest BCUT2D eigenvalue weighted by molar-refractivity contribution is 0.102. The van der Waals surface area contributed by atoms with Crippen LogP contribution in [-0.4, -0.2) is 20.7 Å². The Morgan fingerprint density at radius 2 is 2.16 bits per heavy atom. The molecule has 7 heteroatoms. The van der Waals surface area contributed by atoms with Crippen molar-refractivity contribution in [2.24, 2.45) is 0 Å². The second-order valence-electron chi connectivity index (χ2n) is 4.22. The Morgan fingerprint density at radius 1 is 1.42 bits per heavy atom. The number of nitrogens with zero attached hydrogens (tertiary/aromatic N) is 3. The van der Waals surface area contributed by atoms with E-state index in [1.54, 1.807) is 16.9 Å². The van der Waals surface area contributed by atoms with E-state index in [1.165, 1.54) is 12.3 Å². The van der Waals surface area contributed by atoms with Crippen LogP contribution in [0.4, 0.5) is 5.82 Å². The van der Waals surface area contributed by atoms with Crippen molar-refractivity contribution in [3.05, 3.63) is 40.3 Å². The van der Waals surface area contributed by atoms with Crippen LogP contribution in [0.25, 0.3) is 0 Å². The fraction of sp³-hybridized carbons (Fsp3) is 0.250. The molecule has 19 heavy (non-hydrogen) atoms. The summed E-state index contributed by atoms with van der Waals surface area (Å²) in [7, 11) is 0. The highest BCUT2D eigenvalue weighted by Gasteiger charge is 2.13. The van der Waals surface area contributed by atoms with Crippen molar-refractivity contribution in [1.82, 2.24) is 14.8 Å². The second kappa shape index (κ2) is 5.59. The fourth-order valence-corrected chi connectivity index (χ4v) is 1.81. The van der Waals surface area contributed by atoms with Crippen LogP contribution in [0.5, 0.6) is 0 Å². The summed E-state index contributed by atoms with van der Waals surface area (Å²) in [5.74, 6) is 0.0889. The van der Waals surface area contributed by atoms with Gasteiger partial charge in [-0.25, -0.2) is 4.98 Å². The van der Waals surface area contributed by atoms with Crippen molar-refractivity contribution < 1.29 is 4.79 Å². The third-order valence-electron chi connectivity index (χ3n) is 2.45. The molecule has 2 rings (SSSR count). The minimum atomic E-state index is -0.372. The molecule has 0 radical (unpaired) electrons. The zero-order valence-electron chi connectivity index (χ0n) is 10.4. The Bertz CT molecular complexity index is 610. The van der Waals surface area contributed by atoms with Crippen molar-refractivity contribution in [2.45, 2.75) is 19.9 Å². The van der Waals surface area contributed by atoms with E-state index in [1.807, 2.05) is 13.8 Å². The lowest BCUT2D eigenvalue weighted by atomic mass is 10.2. The van der Waals surface area contributed by atoms with E-state index in [2.05, 4.69) is 15.4 Å². The molecule has 1 amide bonds. The summed E-state index contributed by atoms with van der Waals surface area (Å²) in [6.07, 6.45) is 3.13. The zero-order valence-corrected chi connectivity index (χ0v) is 11.9. The normalized spacial score (nSPS) is 10.8. The van der Waals surface area contributed by atoms with E-state index < -0.39 is 0 Å². The number of carbonyl (C=O) groups is 1. The summed E-state index contributed by atoms with van der Waals surface area (Å²) in [5.41, 5.74) is 0.265. The molecule has 0 atom stereocenters. The molecule has 0 fully saturated rings. The van der Waals surface area contributed by atoms with Crippen molar-refractivity contribution >= 4 is 34.9 Å². The number of hydrogen-bond donors (Lipinski definition) is 1. The smallest absolute Gasteiger partial charge is 0.258 e. The third-order valence-corrected chi connectivity index (χ3v) is 2.95. The third kappa shape index (κ3) is 3.24. The SMILES string of the molecule is CC(C)n1ccc(NC(=O)c2cc(Cl)ncc2Cl)n1. The van der Waals surface area contributed by atoms with Gasteiger partial charge < -0.3 is 5.32 Å². The Balaban J connectivity index is 2.18. The van der Waals surface area contributed by atoms with Crippen LogP contribution in [0.15, 0.2) is 24.5 Å². The van der Waals surface area contributed by atoms with Gasteiger partial charge in [0.2, 0.25) is 0 Å². The zero-order chi connectivity index (χ0) is 14.0. The van der Waals surface area contributed by atoms with Gasteiger partial charge in [0.1, 0.15) is 5.15 Å². The molecule has 0 bridgehead atoms. The molecule has 0 spiro atoms. The quantitative estimate of drug-likeness (QED) is 0.883. The molecule has 0 aliphatic rings. The second-order valence-corrected chi connectivity index (χ2v) is 5.01. The maximum atomic E-state index is 12.0. The number of anilines is 1. The lowest BCUT2D eigenvalue weighted by Crippen LogP contribution is -2.14. The van der Waals surface area contributed by atoms with Crippen LogP contribution in [0.2, 0.25) is 10.2 Å². The highest BCUT2D eigenvalue weighted by atomic mass is 35.5. The molecule has 0 saturated heterocycles. The number of nitrogens with one attached hydrogen (secondary N) is 1. The van der Waals surface area contributed by atoms with Gasteiger partial charge in [0.15, 0.2) is 5.82 Å². The van der Waals surface area contributed by atoms with Gasteiger partial charge in [0, 0.05) is 24.5 Å². The van der Waals surface area contributed by atoms with Crippen LogP contribution < -0.4 is 5.32 Å². The number of amides is 1. The van der Waals surface area contributed by atoms with E-state index in [-0.39, 0.29) is 27.7 Å². The van der Waals surface area contributed by atoms with Gasteiger partial charge in [0.25, 0.3) is 5.91 Å². The first-order chi connectivity index (χ1) is 8.97. The standard InChI is InChI=1S/C12H12Cl2N4O/c1-7(2)18-4-3-11(17-18)16-12(19)8-5-10(14)15-6-9(8)13/h3-7H,1-2H3,(H,16,17,19). The van der Waals surface area contributed by atoms with Gasteiger partial charge in [0.05, 0.1) is 10.6 Å². The van der Waals surface area contributed by atoms with E-state index >= 15 is 0 Å². The summed E-state index contributed by atoms with van der Waals surface area (Å²) in [6, 6.07) is 3.36. The van der Waals surface area contributed by atoms with Crippen LogP contribution in [0.3, 0.4) is 0 Å². The van der Waals surface area contributed by atoms with Crippen molar-refractivity contribution in [1.29, 1.82) is 0 Å². The molecule has 0 saturated carbocycles. The van der Waals surface area contributed by atoms with Crippen molar-refractivity contribution in [3.8, 4) is 0 Å². The molecule has 5 nitrogen and oxygen atoms in total. The first kappa shape index (κ1) is 13.8. The number of pyridine rings is 1. The largest absolute Gasteiger partial charge is 0.305 e. The highest BCUT2D eigenvalue weighted by molar-refractivity contribution is 6.35. The first-order valence-electron chi connectivity index (χ1n) is 5.65. The van der Waals surface area contributed by atoms with E-state index in [0.717, 1.165) is 0 Å². The maximum Gasteiger partial charge on any atom is 0.258 e. The highest BCUT2D eigenvalue weighted by Crippen LogP contribution is 2.19. The molecule has 0 aliphatic carbocycles. The van der Waals surface area contributed by atoms with Crippen LogP contribution in [-0.2, 0) is 0 Å². The van der Waals surface area contributed by atoms with E-state index in [9.17, 15) is 4.79 Å². The number of hydrogen-bond acceptors (Lipinski definition) is 3. The molecule has 0 aliphatic heterocycles. The average molecular weight is 299 g/mol. The monoisotopic (exact) mass is 298 g/mol. The van der Waals surface area contributed by atoms with Crippen LogP contribution in [0.1, 0.15) is 30.2 Å². The lowest BCUT2D eigenvalue weighted by Gasteiger charge is -2.06. The van der Waals surface area contributed by atoms with Gasteiger partial charge in [-0.15, -0.1) is 0 Å². The van der Waals surface area contributed by atoms with E-state index in [0.29, 0.717) is 5.82 Å². The Labute approximate surface area is 120 Å². The Morgan fingerprint density at radius 3 is 2.79 bits per heavy atom. The molecule has 2 heterocycles. The molecule has 2 aromatic heterocycles. The van der Waals surface area contributed by atoms with Gasteiger partial charge >= 0.3 is 0 Å². The molecule has 2 aromatic rings. The molecular weight excluding hydrogens is 287 g/mol. The maximum absolute atomic E-state index is 12.0. The molecular formula is C12H12Cl2N4O. The number of rotatable bonds is 3. The summed E-state index contributed by atoms with van der Waals surface area (Å²) >= 11 is 11.6. The predicted molar refractivity (Wildman–Crippen MR) is 74.8 cm³/mol. The van der Waals surface area contributed by atoms with Crippen molar-refractivity contribution in [3.63, 3.8) is 0 Å². The van der Waals surface area contributed by atoms with Gasteiger partial charge in [-0.3, -0.25) is 9.48 Å². The summed E-state index contributed by atoms with van der Waals surface area (Å²) in [4.78, 5) is 15.8. The van der Waals surface area contributed by atoms with Gasteiger partial charge in [-0.05, 0) is 19.9 Å². The summed E-state index contributed by atoms with van der Waals surface area (Å²) < 4.78 is 1.75. The van der Waals surface area contributed by atoms with Gasteiger partial charge in [-0.2, -0.15) is 5.10 Å². The van der Waals surface area contributed by atoms with Gasteiger partial charge in [-0.1, -0.05) is 23.2 Å². The predicted octanol–water partition coefficient (Wildman–Crippen LogP) is 3.42. The number of carbonyl (C=O) groups excluding carboxylic acids is 1. The Hall–Kier alpha value is -1.59. The van der Waals surface area contributed by atoms with E-state index in [4.69, 9.17) is 23.2 Å². The molecule has 0 aromatic carbocycles. The molecule has 100 valence electrons. The summed E-state index contributed by atoms with van der Waals surface area (Å²) in [5, 5.41) is 7.33. The van der Waals surface area contributed by atoms with Crippen molar-refractivity contribution in [2.75, 3.05) is 5.32 Å². The fourth-order valence-electron chi connectivity index (χ4n) is 1.46. The van der Waals surface area contributed by atoms with Crippen LogP contribution in [0, 0.1) is 0 Å². The summed E-state index contributed by atoms with van der Waals surface area (Å²) in [6.45, 7) is 4.00. The minimum absolute atomic E-state index is 0.210. The number of halogens is 2. The minimum Gasteiger partial charge on any atom is -0.305 e. The topological polar surface area (TPSA) is 59.8 Å².